The van der Waals surface area contributed by atoms with E-state index in [0.29, 0.717) is 11.3 Å². The van der Waals surface area contributed by atoms with Crippen LogP contribution in [-0.4, -0.2) is 13.0 Å². The molecule has 112 valence electrons. The number of fused-ring (bicyclic) bond motifs is 1. The van der Waals surface area contributed by atoms with Crippen molar-refractivity contribution in [2.75, 3.05) is 17.7 Å². The van der Waals surface area contributed by atoms with E-state index in [-0.39, 0.29) is 11.6 Å². The van der Waals surface area contributed by atoms with Crippen LogP contribution in [0.5, 0.6) is 5.75 Å². The molecule has 1 aliphatic rings. The topological polar surface area (TPSA) is 50.4 Å². The van der Waals surface area contributed by atoms with Gasteiger partial charge in [0.15, 0.2) is 0 Å². The monoisotopic (exact) mass is 298 g/mol. The molecule has 0 aromatic heterocycles. The molecule has 0 bridgehead atoms. The second-order valence-corrected chi connectivity index (χ2v) is 5.00. The third-order valence-corrected chi connectivity index (χ3v) is 3.58. The summed E-state index contributed by atoms with van der Waals surface area (Å²) in [6, 6.07) is 10.2. The second-order valence-electron chi connectivity index (χ2n) is 5.00. The SMILES string of the molecule is COc1ccc(N/C=C2/C(=O)Nc3cccc(C)c32)c(F)c1. The summed E-state index contributed by atoms with van der Waals surface area (Å²) < 4.78 is 18.9. The number of amides is 1. The van der Waals surface area contributed by atoms with E-state index in [1.165, 1.54) is 19.4 Å². The molecule has 0 spiro atoms. The van der Waals surface area contributed by atoms with Gasteiger partial charge in [0.2, 0.25) is 0 Å². The molecule has 0 saturated heterocycles. The number of carbonyl (C=O) groups is 1. The van der Waals surface area contributed by atoms with Gasteiger partial charge in [0.25, 0.3) is 5.91 Å². The van der Waals surface area contributed by atoms with Crippen LogP contribution in [0.25, 0.3) is 5.57 Å². The summed E-state index contributed by atoms with van der Waals surface area (Å²) in [5.41, 5.74) is 3.37. The number of ether oxygens (including phenoxy) is 1. The number of aryl methyl sites for hydroxylation is 1. The van der Waals surface area contributed by atoms with E-state index < -0.39 is 5.82 Å². The number of anilines is 2. The average molecular weight is 298 g/mol. The first kappa shape index (κ1) is 14.1. The van der Waals surface area contributed by atoms with Crippen LogP contribution in [0.2, 0.25) is 0 Å². The first-order valence-corrected chi connectivity index (χ1v) is 6.81. The Morgan fingerprint density at radius 1 is 1.27 bits per heavy atom. The fourth-order valence-corrected chi connectivity index (χ4v) is 2.46. The lowest BCUT2D eigenvalue weighted by Crippen LogP contribution is -2.05. The Morgan fingerprint density at radius 2 is 2.09 bits per heavy atom. The van der Waals surface area contributed by atoms with E-state index in [0.717, 1.165) is 16.8 Å². The summed E-state index contributed by atoms with van der Waals surface area (Å²) in [7, 11) is 1.48. The zero-order valence-corrected chi connectivity index (χ0v) is 12.2. The molecule has 1 aliphatic heterocycles. The predicted octanol–water partition coefficient (Wildman–Crippen LogP) is 3.55. The van der Waals surface area contributed by atoms with Crippen molar-refractivity contribution in [3.05, 3.63) is 59.5 Å². The molecule has 0 radical (unpaired) electrons. The van der Waals surface area contributed by atoms with Crippen molar-refractivity contribution < 1.29 is 13.9 Å². The van der Waals surface area contributed by atoms with Gasteiger partial charge in [-0.1, -0.05) is 12.1 Å². The highest BCUT2D eigenvalue weighted by molar-refractivity contribution is 6.32. The van der Waals surface area contributed by atoms with E-state index >= 15 is 0 Å². The molecule has 2 aromatic rings. The predicted molar refractivity (Wildman–Crippen MR) is 84.4 cm³/mol. The molecule has 0 unspecified atom stereocenters. The third-order valence-electron chi connectivity index (χ3n) is 3.58. The first-order valence-electron chi connectivity index (χ1n) is 6.81. The maximum absolute atomic E-state index is 13.9. The summed E-state index contributed by atoms with van der Waals surface area (Å²) in [5, 5.41) is 5.65. The van der Waals surface area contributed by atoms with Gasteiger partial charge in [-0.3, -0.25) is 4.79 Å². The first-order chi connectivity index (χ1) is 10.6. The number of methoxy groups -OCH3 is 1. The quantitative estimate of drug-likeness (QED) is 0.852. The van der Waals surface area contributed by atoms with Crippen molar-refractivity contribution >= 4 is 22.9 Å². The molecule has 0 atom stereocenters. The van der Waals surface area contributed by atoms with Gasteiger partial charge in [0.05, 0.1) is 18.4 Å². The Kier molecular flexibility index (Phi) is 3.55. The van der Waals surface area contributed by atoms with Gasteiger partial charge >= 0.3 is 0 Å². The molecule has 22 heavy (non-hydrogen) atoms. The zero-order chi connectivity index (χ0) is 15.7. The maximum atomic E-state index is 13.9. The Labute approximate surface area is 127 Å². The maximum Gasteiger partial charge on any atom is 0.257 e. The highest BCUT2D eigenvalue weighted by atomic mass is 19.1. The lowest BCUT2D eigenvalue weighted by Gasteiger charge is -2.07. The third kappa shape index (κ3) is 2.41. The Morgan fingerprint density at radius 3 is 2.82 bits per heavy atom. The Hall–Kier alpha value is -2.82. The van der Waals surface area contributed by atoms with Crippen LogP contribution in [0.3, 0.4) is 0 Å². The van der Waals surface area contributed by atoms with E-state index in [1.807, 2.05) is 25.1 Å². The van der Waals surface area contributed by atoms with Gasteiger partial charge in [-0.25, -0.2) is 4.39 Å². The molecule has 1 amide bonds. The second kappa shape index (κ2) is 5.52. The number of halogens is 1. The Bertz CT molecular complexity index is 784. The minimum atomic E-state index is -0.445. The lowest BCUT2D eigenvalue weighted by atomic mass is 10.0. The highest BCUT2D eigenvalue weighted by Gasteiger charge is 2.25. The van der Waals surface area contributed by atoms with Crippen molar-refractivity contribution in [3.8, 4) is 5.75 Å². The zero-order valence-electron chi connectivity index (χ0n) is 12.2. The van der Waals surface area contributed by atoms with Gasteiger partial charge in [-0.2, -0.15) is 0 Å². The van der Waals surface area contributed by atoms with E-state index in [4.69, 9.17) is 4.74 Å². The van der Waals surface area contributed by atoms with Crippen LogP contribution in [0, 0.1) is 12.7 Å². The van der Waals surface area contributed by atoms with Gasteiger partial charge in [-0.15, -0.1) is 0 Å². The fraction of sp³-hybridized carbons (Fsp3) is 0.118. The number of rotatable bonds is 3. The summed E-state index contributed by atoms with van der Waals surface area (Å²) in [5.74, 6) is -0.208. The standard InChI is InChI=1S/C17H15FN2O2/c1-10-4-3-5-15-16(10)12(17(21)20-15)9-19-14-7-6-11(22-2)8-13(14)18/h3-9,19H,1-2H3,(H,20,21)/b12-9+. The van der Waals surface area contributed by atoms with Crippen LogP contribution in [0.1, 0.15) is 11.1 Å². The number of hydrogen-bond donors (Lipinski definition) is 2. The van der Waals surface area contributed by atoms with Crippen molar-refractivity contribution in [2.45, 2.75) is 6.92 Å². The number of nitrogens with one attached hydrogen (secondary N) is 2. The van der Waals surface area contributed by atoms with Gasteiger partial charge < -0.3 is 15.4 Å². The molecular formula is C17H15FN2O2. The van der Waals surface area contributed by atoms with E-state index in [1.54, 1.807) is 12.1 Å². The van der Waals surface area contributed by atoms with Crippen molar-refractivity contribution in [1.82, 2.24) is 0 Å². The molecule has 5 heteroatoms. The van der Waals surface area contributed by atoms with Crippen LogP contribution in [-0.2, 0) is 4.79 Å². The van der Waals surface area contributed by atoms with Gasteiger partial charge in [0, 0.05) is 23.5 Å². The summed E-state index contributed by atoms with van der Waals surface area (Å²) in [4.78, 5) is 12.1. The lowest BCUT2D eigenvalue weighted by molar-refractivity contribution is -0.110. The van der Waals surface area contributed by atoms with Gasteiger partial charge in [-0.05, 0) is 30.7 Å². The van der Waals surface area contributed by atoms with Crippen LogP contribution < -0.4 is 15.4 Å². The number of benzene rings is 2. The highest BCUT2D eigenvalue weighted by Crippen LogP contribution is 2.34. The van der Waals surface area contributed by atoms with Crippen molar-refractivity contribution in [3.63, 3.8) is 0 Å². The minimum Gasteiger partial charge on any atom is -0.497 e. The molecular weight excluding hydrogens is 283 g/mol. The molecule has 3 rings (SSSR count). The largest absolute Gasteiger partial charge is 0.497 e. The Balaban J connectivity index is 1.93. The normalized spacial score (nSPS) is 14.7. The molecule has 4 nitrogen and oxygen atoms in total. The van der Waals surface area contributed by atoms with Crippen molar-refractivity contribution in [1.29, 1.82) is 0 Å². The molecule has 0 aliphatic carbocycles. The number of hydrogen-bond acceptors (Lipinski definition) is 3. The van der Waals surface area contributed by atoms with Crippen LogP contribution in [0.4, 0.5) is 15.8 Å². The van der Waals surface area contributed by atoms with Crippen LogP contribution >= 0.6 is 0 Å². The van der Waals surface area contributed by atoms with Crippen molar-refractivity contribution in [2.24, 2.45) is 0 Å². The fourth-order valence-electron chi connectivity index (χ4n) is 2.46. The molecule has 1 heterocycles. The van der Waals surface area contributed by atoms with E-state index in [9.17, 15) is 9.18 Å². The van der Waals surface area contributed by atoms with Crippen LogP contribution in [0.15, 0.2) is 42.6 Å². The van der Waals surface area contributed by atoms with Gasteiger partial charge in [0.1, 0.15) is 11.6 Å². The molecule has 2 N–H and O–H groups in total. The minimum absolute atomic E-state index is 0.203. The molecule has 0 saturated carbocycles. The molecule has 2 aromatic carbocycles. The summed E-state index contributed by atoms with van der Waals surface area (Å²) >= 11 is 0. The number of carbonyl (C=O) groups excluding carboxylic acids is 1. The summed E-state index contributed by atoms with van der Waals surface area (Å²) in [6.07, 6.45) is 1.53. The smallest absolute Gasteiger partial charge is 0.257 e. The average Bonchev–Trinajstić information content (AvgIpc) is 2.83. The molecule has 0 fully saturated rings. The summed E-state index contributed by atoms with van der Waals surface area (Å²) in [6.45, 7) is 1.93. The van der Waals surface area contributed by atoms with E-state index in [2.05, 4.69) is 10.6 Å².